The lowest BCUT2D eigenvalue weighted by molar-refractivity contribution is -0.122. The maximum Gasteiger partial charge on any atom is 0.329 e. The molecule has 3 heterocycles. The van der Waals surface area contributed by atoms with Crippen LogP contribution in [0.25, 0.3) is 0 Å². The van der Waals surface area contributed by atoms with Crippen molar-refractivity contribution in [3.8, 4) is 11.5 Å². The van der Waals surface area contributed by atoms with Crippen LogP contribution in [0.15, 0.2) is 54.6 Å². The van der Waals surface area contributed by atoms with Gasteiger partial charge in [-0.15, -0.1) is 0 Å². The van der Waals surface area contributed by atoms with E-state index < -0.39 is 18.0 Å². The zero-order chi connectivity index (χ0) is 22.1. The molecular weight excluding hydrogens is 412 g/mol. The molecule has 0 radical (unpaired) electrons. The van der Waals surface area contributed by atoms with Crippen LogP contribution in [0.3, 0.4) is 0 Å². The number of nitrogens with zero attached hydrogens (tertiary/aromatic N) is 3. The Morgan fingerprint density at radius 2 is 1.62 bits per heavy atom. The SMILES string of the molecule is O=C1N[C@@H]2CCN(C(=O)N3CCOCC3)[C@@H]2C(=O)N1c1ccc(Oc2ccccc2)cc1. The number of morpholine rings is 1. The highest BCUT2D eigenvalue weighted by Gasteiger charge is 2.50. The Balaban J connectivity index is 1.34. The molecule has 5 amide bonds. The first kappa shape index (κ1) is 20.3. The molecule has 2 aromatic carbocycles. The quantitative estimate of drug-likeness (QED) is 0.798. The van der Waals surface area contributed by atoms with Crippen LogP contribution in [0.1, 0.15) is 6.42 Å². The molecule has 3 aliphatic rings. The summed E-state index contributed by atoms with van der Waals surface area (Å²) in [4.78, 5) is 43.6. The smallest absolute Gasteiger partial charge is 0.329 e. The minimum Gasteiger partial charge on any atom is -0.457 e. The van der Waals surface area contributed by atoms with Crippen molar-refractivity contribution in [1.82, 2.24) is 15.1 Å². The number of amides is 5. The minimum absolute atomic E-state index is 0.183. The molecule has 2 atom stereocenters. The zero-order valence-electron chi connectivity index (χ0n) is 17.5. The van der Waals surface area contributed by atoms with Crippen LogP contribution in [0, 0.1) is 0 Å². The molecule has 3 saturated heterocycles. The Labute approximate surface area is 185 Å². The van der Waals surface area contributed by atoms with E-state index in [2.05, 4.69) is 5.32 Å². The number of carbonyl (C=O) groups excluding carboxylic acids is 3. The van der Waals surface area contributed by atoms with E-state index >= 15 is 0 Å². The lowest BCUT2D eigenvalue weighted by atomic mass is 10.0. The monoisotopic (exact) mass is 436 g/mol. The number of fused-ring (bicyclic) bond motifs is 1. The molecule has 0 aromatic heterocycles. The molecule has 0 aliphatic carbocycles. The summed E-state index contributed by atoms with van der Waals surface area (Å²) in [5, 5.41) is 2.90. The van der Waals surface area contributed by atoms with Gasteiger partial charge >= 0.3 is 12.1 Å². The lowest BCUT2D eigenvalue weighted by Gasteiger charge is -2.39. The number of carbonyl (C=O) groups is 3. The third-order valence-electron chi connectivity index (χ3n) is 5.98. The van der Waals surface area contributed by atoms with Crippen molar-refractivity contribution in [2.75, 3.05) is 37.7 Å². The van der Waals surface area contributed by atoms with Crippen molar-refractivity contribution < 1.29 is 23.9 Å². The molecule has 0 spiro atoms. The van der Waals surface area contributed by atoms with Gasteiger partial charge in [-0.2, -0.15) is 0 Å². The van der Waals surface area contributed by atoms with Gasteiger partial charge in [-0.1, -0.05) is 18.2 Å². The Bertz CT molecular complexity index is 1010. The Morgan fingerprint density at radius 3 is 2.34 bits per heavy atom. The van der Waals surface area contributed by atoms with Gasteiger partial charge in [0.2, 0.25) is 0 Å². The van der Waals surface area contributed by atoms with E-state index in [1.165, 1.54) is 0 Å². The van der Waals surface area contributed by atoms with Gasteiger partial charge in [0.1, 0.15) is 17.5 Å². The Kier molecular flexibility index (Phi) is 5.40. The molecule has 0 bridgehead atoms. The van der Waals surface area contributed by atoms with E-state index in [0.717, 1.165) is 4.90 Å². The Morgan fingerprint density at radius 1 is 0.938 bits per heavy atom. The van der Waals surface area contributed by atoms with E-state index in [1.54, 1.807) is 34.1 Å². The number of hydrogen-bond acceptors (Lipinski definition) is 5. The van der Waals surface area contributed by atoms with Crippen LogP contribution in [-0.2, 0) is 9.53 Å². The molecule has 1 N–H and O–H groups in total. The number of anilines is 1. The van der Waals surface area contributed by atoms with Crippen LogP contribution in [-0.4, -0.2) is 72.7 Å². The summed E-state index contributed by atoms with van der Waals surface area (Å²) in [7, 11) is 0. The van der Waals surface area contributed by atoms with Gasteiger partial charge in [0.15, 0.2) is 0 Å². The van der Waals surface area contributed by atoms with Crippen molar-refractivity contribution in [2.45, 2.75) is 18.5 Å². The van der Waals surface area contributed by atoms with E-state index in [0.29, 0.717) is 56.5 Å². The molecule has 0 saturated carbocycles. The first-order valence-corrected chi connectivity index (χ1v) is 10.7. The predicted molar refractivity (Wildman–Crippen MR) is 116 cm³/mol. The van der Waals surface area contributed by atoms with Gasteiger partial charge in [-0.25, -0.2) is 14.5 Å². The zero-order valence-corrected chi connectivity index (χ0v) is 17.5. The standard InChI is InChI=1S/C23H24N4O5/c28-21-20-19(10-11-26(20)23(30)25-12-14-31-15-13-25)24-22(29)27(21)16-6-8-18(9-7-16)32-17-4-2-1-3-5-17/h1-9,19-20H,10-15H2,(H,24,29)/t19-,20+/m1/s1. The van der Waals surface area contributed by atoms with E-state index in [4.69, 9.17) is 9.47 Å². The molecule has 0 unspecified atom stereocenters. The highest BCUT2D eigenvalue weighted by Crippen LogP contribution is 2.30. The summed E-state index contributed by atoms with van der Waals surface area (Å²) in [6.45, 7) is 2.40. The minimum atomic E-state index is -0.719. The van der Waals surface area contributed by atoms with E-state index in [9.17, 15) is 14.4 Å². The lowest BCUT2D eigenvalue weighted by Crippen LogP contribution is -2.66. The highest BCUT2D eigenvalue weighted by molar-refractivity contribution is 6.19. The topological polar surface area (TPSA) is 91.4 Å². The maximum absolute atomic E-state index is 13.4. The number of ether oxygens (including phenoxy) is 2. The summed E-state index contributed by atoms with van der Waals surface area (Å²) in [5.74, 6) is 0.889. The second-order valence-corrected chi connectivity index (χ2v) is 7.95. The number of imide groups is 1. The summed E-state index contributed by atoms with van der Waals surface area (Å²) in [5.41, 5.74) is 0.428. The molecule has 9 heteroatoms. The van der Waals surface area contributed by atoms with Crippen LogP contribution in [0.4, 0.5) is 15.3 Å². The molecule has 2 aromatic rings. The first-order chi connectivity index (χ1) is 15.6. The normalized spacial score (nSPS) is 23.1. The Hall–Kier alpha value is -3.59. The van der Waals surface area contributed by atoms with Crippen LogP contribution < -0.4 is 15.0 Å². The predicted octanol–water partition coefficient (Wildman–Crippen LogP) is 2.43. The van der Waals surface area contributed by atoms with Crippen molar-refractivity contribution >= 4 is 23.7 Å². The van der Waals surface area contributed by atoms with Crippen LogP contribution >= 0.6 is 0 Å². The second kappa shape index (κ2) is 8.51. The first-order valence-electron chi connectivity index (χ1n) is 10.7. The number of rotatable bonds is 3. The molecule has 5 rings (SSSR count). The van der Waals surface area contributed by atoms with Crippen molar-refractivity contribution in [1.29, 1.82) is 0 Å². The van der Waals surface area contributed by atoms with Gasteiger partial charge < -0.3 is 24.6 Å². The number of likely N-dealkylation sites (tertiary alicyclic amines) is 1. The molecular formula is C23H24N4O5. The fourth-order valence-corrected chi connectivity index (χ4v) is 4.39. The van der Waals surface area contributed by atoms with Crippen molar-refractivity contribution in [2.24, 2.45) is 0 Å². The number of hydrogen-bond donors (Lipinski definition) is 1. The summed E-state index contributed by atoms with van der Waals surface area (Å²) in [6, 6.07) is 14.3. The van der Waals surface area contributed by atoms with Crippen molar-refractivity contribution in [3.63, 3.8) is 0 Å². The fraction of sp³-hybridized carbons (Fsp3) is 0.348. The third kappa shape index (κ3) is 3.75. The van der Waals surface area contributed by atoms with Crippen LogP contribution in [0.2, 0.25) is 0 Å². The summed E-state index contributed by atoms with van der Waals surface area (Å²) >= 11 is 0. The fourth-order valence-electron chi connectivity index (χ4n) is 4.39. The molecule has 9 nitrogen and oxygen atoms in total. The van der Waals surface area contributed by atoms with Gasteiger partial charge in [-0.05, 0) is 42.8 Å². The second-order valence-electron chi connectivity index (χ2n) is 7.95. The molecule has 32 heavy (non-hydrogen) atoms. The average molecular weight is 436 g/mol. The highest BCUT2D eigenvalue weighted by atomic mass is 16.5. The number of para-hydroxylation sites is 1. The van der Waals surface area contributed by atoms with Crippen molar-refractivity contribution in [3.05, 3.63) is 54.6 Å². The third-order valence-corrected chi connectivity index (χ3v) is 5.98. The maximum atomic E-state index is 13.4. The number of benzene rings is 2. The molecule has 3 aliphatic heterocycles. The van der Waals surface area contributed by atoms with Gasteiger partial charge in [-0.3, -0.25) is 4.79 Å². The average Bonchev–Trinajstić information content (AvgIpc) is 3.25. The van der Waals surface area contributed by atoms with Gasteiger partial charge in [0.05, 0.1) is 24.9 Å². The number of nitrogens with one attached hydrogen (secondary N) is 1. The van der Waals surface area contributed by atoms with Gasteiger partial charge in [0, 0.05) is 19.6 Å². The molecule has 3 fully saturated rings. The van der Waals surface area contributed by atoms with Gasteiger partial charge in [0.25, 0.3) is 5.91 Å². The van der Waals surface area contributed by atoms with E-state index in [1.807, 2.05) is 30.3 Å². The largest absolute Gasteiger partial charge is 0.457 e. The van der Waals surface area contributed by atoms with Crippen LogP contribution in [0.5, 0.6) is 11.5 Å². The molecule has 166 valence electrons. The van der Waals surface area contributed by atoms with E-state index in [-0.39, 0.29) is 12.1 Å². The summed E-state index contributed by atoms with van der Waals surface area (Å²) < 4.78 is 11.1. The number of urea groups is 2. The summed E-state index contributed by atoms with van der Waals surface area (Å²) in [6.07, 6.45) is 0.552.